The summed E-state index contributed by atoms with van der Waals surface area (Å²) in [6, 6.07) is 1.32. The molecule has 6 nitrogen and oxygen atoms in total. The summed E-state index contributed by atoms with van der Waals surface area (Å²) in [6.45, 7) is 2.19. The van der Waals surface area contributed by atoms with Crippen LogP contribution in [0, 0.1) is 0 Å². The molecule has 0 aliphatic carbocycles. The molecule has 0 amide bonds. The average Bonchev–Trinajstić information content (AvgIpc) is 3.02. The van der Waals surface area contributed by atoms with Gasteiger partial charge in [-0.25, -0.2) is 0 Å². The van der Waals surface area contributed by atoms with Gasteiger partial charge < -0.3 is 9.63 Å². The molecule has 0 aromatic carbocycles. The molecule has 1 atom stereocenters. The van der Waals surface area contributed by atoms with Gasteiger partial charge in [-0.2, -0.15) is 4.98 Å². The Morgan fingerprint density at radius 1 is 1.62 bits per heavy atom. The molecule has 2 N–H and O–H groups in total. The van der Waals surface area contributed by atoms with E-state index >= 15 is 0 Å². The van der Waals surface area contributed by atoms with Crippen LogP contribution >= 0.6 is 39.7 Å². The van der Waals surface area contributed by atoms with Gasteiger partial charge in [-0.15, -0.1) is 23.7 Å². The predicted octanol–water partition coefficient (Wildman–Crippen LogP) is 3.33. The van der Waals surface area contributed by atoms with Gasteiger partial charge in [0.1, 0.15) is 6.04 Å². The van der Waals surface area contributed by atoms with Crippen molar-refractivity contribution in [3.63, 3.8) is 0 Å². The molecule has 0 radical (unpaired) electrons. The highest BCUT2D eigenvalue weighted by molar-refractivity contribution is 9.10. The fourth-order valence-corrected chi connectivity index (χ4v) is 3.02. The Morgan fingerprint density at radius 3 is 2.95 bits per heavy atom. The zero-order chi connectivity index (χ0) is 14.5. The first-order chi connectivity index (χ1) is 9.60. The lowest BCUT2D eigenvalue weighted by Crippen LogP contribution is -2.36. The number of carboxylic acid groups (broad SMARTS) is 1. The molecule has 0 bridgehead atoms. The van der Waals surface area contributed by atoms with Crippen LogP contribution in [-0.4, -0.2) is 27.3 Å². The number of carbonyl (C=O) groups is 1. The molecule has 0 saturated heterocycles. The van der Waals surface area contributed by atoms with E-state index < -0.39 is 12.0 Å². The summed E-state index contributed by atoms with van der Waals surface area (Å²) in [5.41, 5.74) is 0. The molecule has 0 aliphatic heterocycles. The number of hydrogen-bond acceptors (Lipinski definition) is 6. The fraction of sp³-hybridized carbons (Fsp3) is 0.417. The number of rotatable bonds is 7. The molecule has 9 heteroatoms. The molecule has 21 heavy (non-hydrogen) atoms. The molecule has 2 heterocycles. The zero-order valence-corrected chi connectivity index (χ0v) is 14.4. The standard InChI is InChI=1S/C12H14BrN3O3S.ClH/c1-2-3-8(12(17)18)14-5-10-15-11(16-19-10)9-4-7(13)6-20-9;/h4,6,8,14H,2-3,5H2,1H3,(H,17,18);1H. The third-order valence-corrected chi connectivity index (χ3v) is 4.32. The minimum Gasteiger partial charge on any atom is -0.480 e. The molecule has 0 spiro atoms. The van der Waals surface area contributed by atoms with Crippen LogP contribution in [0.2, 0.25) is 0 Å². The number of nitrogens with one attached hydrogen (secondary N) is 1. The summed E-state index contributed by atoms with van der Waals surface area (Å²) in [7, 11) is 0. The maximum atomic E-state index is 11.0. The Morgan fingerprint density at radius 2 is 2.38 bits per heavy atom. The smallest absolute Gasteiger partial charge is 0.320 e. The third-order valence-electron chi connectivity index (χ3n) is 2.63. The number of aliphatic carboxylic acids is 1. The van der Waals surface area contributed by atoms with Crippen molar-refractivity contribution in [2.75, 3.05) is 0 Å². The van der Waals surface area contributed by atoms with Crippen molar-refractivity contribution < 1.29 is 14.4 Å². The van der Waals surface area contributed by atoms with Gasteiger partial charge in [-0.3, -0.25) is 10.1 Å². The van der Waals surface area contributed by atoms with Crippen LogP contribution in [-0.2, 0) is 11.3 Å². The Bertz CT molecular complexity index is 590. The molecule has 2 aromatic heterocycles. The molecular formula is C12H15BrClN3O3S. The molecule has 0 saturated carbocycles. The van der Waals surface area contributed by atoms with Crippen LogP contribution in [0.1, 0.15) is 25.7 Å². The van der Waals surface area contributed by atoms with E-state index in [9.17, 15) is 4.79 Å². The monoisotopic (exact) mass is 395 g/mol. The fourth-order valence-electron chi connectivity index (χ4n) is 1.67. The maximum Gasteiger partial charge on any atom is 0.320 e. The topological polar surface area (TPSA) is 88.3 Å². The Kier molecular flexibility index (Phi) is 7.30. The van der Waals surface area contributed by atoms with E-state index in [1.165, 1.54) is 11.3 Å². The number of aromatic nitrogens is 2. The summed E-state index contributed by atoms with van der Waals surface area (Å²) in [6.07, 6.45) is 1.36. The Hall–Kier alpha value is -0.960. The summed E-state index contributed by atoms with van der Waals surface area (Å²) in [5.74, 6) is 0.0283. The first kappa shape index (κ1) is 18.1. The van der Waals surface area contributed by atoms with E-state index in [1.807, 2.05) is 18.4 Å². The van der Waals surface area contributed by atoms with Crippen molar-refractivity contribution >= 4 is 45.6 Å². The van der Waals surface area contributed by atoms with Gasteiger partial charge in [-0.1, -0.05) is 18.5 Å². The van der Waals surface area contributed by atoms with Gasteiger partial charge in [0.05, 0.1) is 11.4 Å². The highest BCUT2D eigenvalue weighted by Crippen LogP contribution is 2.27. The lowest BCUT2D eigenvalue weighted by atomic mass is 10.2. The molecule has 2 rings (SSSR count). The number of hydrogen-bond donors (Lipinski definition) is 2. The van der Waals surface area contributed by atoms with Crippen molar-refractivity contribution in [3.8, 4) is 10.7 Å². The van der Waals surface area contributed by atoms with Crippen LogP contribution in [0.5, 0.6) is 0 Å². The number of carboxylic acids is 1. The van der Waals surface area contributed by atoms with Crippen molar-refractivity contribution in [2.24, 2.45) is 0 Å². The Balaban J connectivity index is 0.00000220. The third kappa shape index (κ3) is 5.06. The predicted molar refractivity (Wildman–Crippen MR) is 85.7 cm³/mol. The lowest BCUT2D eigenvalue weighted by molar-refractivity contribution is -0.139. The largest absolute Gasteiger partial charge is 0.480 e. The Labute approximate surface area is 140 Å². The quantitative estimate of drug-likeness (QED) is 0.746. The summed E-state index contributed by atoms with van der Waals surface area (Å²) < 4.78 is 6.08. The van der Waals surface area contributed by atoms with Crippen LogP contribution in [0.4, 0.5) is 0 Å². The molecule has 2 aromatic rings. The number of thiophene rings is 1. The summed E-state index contributed by atoms with van der Waals surface area (Å²) in [4.78, 5) is 16.1. The highest BCUT2D eigenvalue weighted by Gasteiger charge is 2.17. The van der Waals surface area contributed by atoms with E-state index in [1.54, 1.807) is 0 Å². The van der Waals surface area contributed by atoms with Crippen molar-refractivity contribution in [2.45, 2.75) is 32.4 Å². The van der Waals surface area contributed by atoms with E-state index in [0.717, 1.165) is 15.8 Å². The molecule has 116 valence electrons. The molecule has 1 unspecified atom stereocenters. The lowest BCUT2D eigenvalue weighted by Gasteiger charge is -2.10. The first-order valence-electron chi connectivity index (χ1n) is 6.13. The zero-order valence-electron chi connectivity index (χ0n) is 11.2. The van der Waals surface area contributed by atoms with Crippen molar-refractivity contribution in [1.29, 1.82) is 0 Å². The second-order valence-electron chi connectivity index (χ2n) is 4.20. The van der Waals surface area contributed by atoms with Crippen LogP contribution in [0.25, 0.3) is 10.7 Å². The highest BCUT2D eigenvalue weighted by atomic mass is 79.9. The average molecular weight is 397 g/mol. The van der Waals surface area contributed by atoms with Crippen LogP contribution < -0.4 is 5.32 Å². The van der Waals surface area contributed by atoms with Crippen molar-refractivity contribution in [3.05, 3.63) is 21.8 Å². The number of nitrogens with zero attached hydrogens (tertiary/aromatic N) is 2. The summed E-state index contributed by atoms with van der Waals surface area (Å²) >= 11 is 4.87. The molecule has 0 aliphatic rings. The minimum atomic E-state index is -0.867. The van der Waals surface area contributed by atoms with Crippen molar-refractivity contribution in [1.82, 2.24) is 15.5 Å². The van der Waals surface area contributed by atoms with Crippen LogP contribution in [0.3, 0.4) is 0 Å². The van der Waals surface area contributed by atoms with Crippen LogP contribution in [0.15, 0.2) is 20.4 Å². The number of halogens is 2. The molecule has 0 fully saturated rings. The van der Waals surface area contributed by atoms with E-state index in [-0.39, 0.29) is 19.0 Å². The van der Waals surface area contributed by atoms with E-state index in [0.29, 0.717) is 18.1 Å². The second-order valence-corrected chi connectivity index (χ2v) is 6.03. The minimum absolute atomic E-state index is 0. The van der Waals surface area contributed by atoms with Gasteiger partial charge >= 0.3 is 5.97 Å². The first-order valence-corrected chi connectivity index (χ1v) is 7.80. The maximum absolute atomic E-state index is 11.0. The van der Waals surface area contributed by atoms with Gasteiger partial charge in [-0.05, 0) is 28.4 Å². The van der Waals surface area contributed by atoms with Gasteiger partial charge in [0.15, 0.2) is 0 Å². The van der Waals surface area contributed by atoms with Gasteiger partial charge in [0.25, 0.3) is 0 Å². The van der Waals surface area contributed by atoms with Gasteiger partial charge in [0.2, 0.25) is 11.7 Å². The summed E-state index contributed by atoms with van der Waals surface area (Å²) in [5, 5.41) is 17.8. The SMILES string of the molecule is CCCC(NCc1nc(-c2cc(Br)cs2)no1)C(=O)O.Cl. The molecular weight excluding hydrogens is 382 g/mol. The van der Waals surface area contributed by atoms with E-state index in [4.69, 9.17) is 9.63 Å². The second kappa shape index (κ2) is 8.47. The van der Waals surface area contributed by atoms with Gasteiger partial charge in [0, 0.05) is 9.85 Å². The van der Waals surface area contributed by atoms with E-state index in [2.05, 4.69) is 31.4 Å². The normalized spacial score (nSPS) is 11.9.